The van der Waals surface area contributed by atoms with Gasteiger partial charge in [-0.25, -0.2) is 0 Å². The van der Waals surface area contributed by atoms with E-state index in [2.05, 4.69) is 16.7 Å². The van der Waals surface area contributed by atoms with Gasteiger partial charge in [0.1, 0.15) is 5.76 Å². The van der Waals surface area contributed by atoms with E-state index in [1.165, 1.54) is 19.3 Å². The molecule has 1 aliphatic rings. The Bertz CT molecular complexity index is 431. The maximum atomic E-state index is 10.2. The molecule has 2 rings (SSSR count). The van der Waals surface area contributed by atoms with E-state index in [0.29, 0.717) is 5.76 Å². The molecule has 1 atom stereocenters. The number of hydrogen-bond donors (Lipinski definition) is 2. The first-order chi connectivity index (χ1) is 10.1. The number of carboxylic acid groups (broad SMARTS) is 1. The molecule has 21 heavy (non-hydrogen) atoms. The van der Waals surface area contributed by atoms with Crippen LogP contribution in [-0.4, -0.2) is 46.7 Å². The summed E-state index contributed by atoms with van der Waals surface area (Å²) in [5.74, 6) is 0.600. The molecule has 1 unspecified atom stereocenters. The molecule has 6 heteroatoms. The summed E-state index contributed by atoms with van der Waals surface area (Å²) in [6.07, 6.45) is 6.65. The molecule has 2 heterocycles. The highest BCUT2D eigenvalue weighted by atomic mass is 16.4. The number of nitrogens with zero attached hydrogens (tertiary/aromatic N) is 2. The molecule has 1 aromatic rings. The van der Waals surface area contributed by atoms with Crippen LogP contribution in [0.4, 0.5) is 0 Å². The van der Waals surface area contributed by atoms with E-state index >= 15 is 0 Å². The van der Waals surface area contributed by atoms with Gasteiger partial charge in [0.25, 0.3) is 6.47 Å². The second-order valence-corrected chi connectivity index (χ2v) is 4.94. The Morgan fingerprint density at radius 1 is 1.48 bits per heavy atom. The van der Waals surface area contributed by atoms with Gasteiger partial charge in [0.15, 0.2) is 6.10 Å². The minimum atomic E-state index is -0.666. The van der Waals surface area contributed by atoms with Gasteiger partial charge in [-0.2, -0.15) is 0 Å². The summed E-state index contributed by atoms with van der Waals surface area (Å²) in [5.41, 5.74) is 0.904. The number of furan rings is 1. The van der Waals surface area contributed by atoms with Crippen molar-refractivity contribution in [2.24, 2.45) is 0 Å². The van der Waals surface area contributed by atoms with Gasteiger partial charge in [-0.05, 0) is 18.6 Å². The summed E-state index contributed by atoms with van der Waals surface area (Å²) in [6, 6.07) is 3.60. The van der Waals surface area contributed by atoms with Gasteiger partial charge in [-0.15, -0.1) is 0 Å². The second kappa shape index (κ2) is 9.07. The van der Waals surface area contributed by atoms with Crippen LogP contribution in [0.15, 0.2) is 34.7 Å². The minimum absolute atomic E-state index is 0.250. The van der Waals surface area contributed by atoms with E-state index in [1.54, 1.807) is 18.4 Å². The van der Waals surface area contributed by atoms with Crippen LogP contribution in [0, 0.1) is 0 Å². The van der Waals surface area contributed by atoms with Crippen LogP contribution in [0.3, 0.4) is 0 Å². The van der Waals surface area contributed by atoms with Crippen molar-refractivity contribution in [1.82, 2.24) is 9.80 Å². The molecule has 0 radical (unpaired) electrons. The van der Waals surface area contributed by atoms with Crippen LogP contribution in [0.5, 0.6) is 0 Å². The van der Waals surface area contributed by atoms with Gasteiger partial charge in [-0.1, -0.05) is 19.8 Å². The lowest BCUT2D eigenvalue weighted by Gasteiger charge is -2.20. The van der Waals surface area contributed by atoms with E-state index in [4.69, 9.17) is 14.3 Å². The standard InChI is InChI=1S/C14H22N2O2.CH2O2/c1-3-4-5-8-16-10-12(15(2)11-16)14(17)13-7-6-9-18-13;2-1-3/h6-7,9-10,14,17H,3-5,8,11H2,1-2H3;1H,(H,2,3). The maximum absolute atomic E-state index is 10.2. The zero-order valence-electron chi connectivity index (χ0n) is 12.6. The molecule has 0 spiro atoms. The molecule has 1 aliphatic heterocycles. The first-order valence-electron chi connectivity index (χ1n) is 7.10. The summed E-state index contributed by atoms with van der Waals surface area (Å²) in [4.78, 5) is 12.7. The van der Waals surface area contributed by atoms with Crippen LogP contribution in [0.1, 0.15) is 38.1 Å². The fourth-order valence-electron chi connectivity index (χ4n) is 2.25. The predicted octanol–water partition coefficient (Wildman–Crippen LogP) is 2.25. The molecule has 0 fully saturated rings. The van der Waals surface area contributed by atoms with Crippen LogP contribution in [0.2, 0.25) is 0 Å². The van der Waals surface area contributed by atoms with Gasteiger partial charge in [0, 0.05) is 19.8 Å². The van der Waals surface area contributed by atoms with Crippen LogP contribution in [0.25, 0.3) is 0 Å². The number of unbranched alkanes of at least 4 members (excludes halogenated alkanes) is 2. The Kier molecular flexibility index (Phi) is 7.39. The minimum Gasteiger partial charge on any atom is -0.483 e. The lowest BCUT2D eigenvalue weighted by molar-refractivity contribution is -0.122. The molecule has 0 saturated heterocycles. The van der Waals surface area contributed by atoms with Crippen molar-refractivity contribution in [3.05, 3.63) is 36.1 Å². The molecule has 1 aromatic heterocycles. The average Bonchev–Trinajstić information content (AvgIpc) is 3.09. The molecular weight excluding hydrogens is 272 g/mol. The van der Waals surface area contributed by atoms with Crippen molar-refractivity contribution in [2.75, 3.05) is 20.3 Å². The Balaban J connectivity index is 0.000000677. The van der Waals surface area contributed by atoms with E-state index in [9.17, 15) is 5.11 Å². The zero-order valence-corrected chi connectivity index (χ0v) is 12.6. The van der Waals surface area contributed by atoms with Crippen molar-refractivity contribution in [3.63, 3.8) is 0 Å². The first kappa shape index (κ1) is 17.1. The molecule has 6 nitrogen and oxygen atoms in total. The fourth-order valence-corrected chi connectivity index (χ4v) is 2.25. The number of aliphatic hydroxyl groups is 1. The predicted molar refractivity (Wildman–Crippen MR) is 79.3 cm³/mol. The highest BCUT2D eigenvalue weighted by Crippen LogP contribution is 2.28. The Morgan fingerprint density at radius 2 is 2.19 bits per heavy atom. The average molecular weight is 296 g/mol. The second-order valence-electron chi connectivity index (χ2n) is 4.94. The molecular formula is C15H24N2O4. The summed E-state index contributed by atoms with van der Waals surface area (Å²) in [5, 5.41) is 17.1. The Morgan fingerprint density at radius 3 is 2.76 bits per heavy atom. The molecule has 0 aliphatic carbocycles. The third-order valence-electron chi connectivity index (χ3n) is 3.29. The van der Waals surface area contributed by atoms with Gasteiger partial charge in [-0.3, -0.25) is 4.79 Å². The van der Waals surface area contributed by atoms with Gasteiger partial charge >= 0.3 is 0 Å². The lowest BCUT2D eigenvalue weighted by Crippen LogP contribution is -2.25. The number of carbonyl (C=O) groups is 1. The zero-order chi connectivity index (χ0) is 15.7. The van der Waals surface area contributed by atoms with Crippen LogP contribution in [-0.2, 0) is 4.79 Å². The maximum Gasteiger partial charge on any atom is 0.290 e. The smallest absolute Gasteiger partial charge is 0.290 e. The summed E-state index contributed by atoms with van der Waals surface area (Å²) in [7, 11) is 2.00. The van der Waals surface area contributed by atoms with Gasteiger partial charge in [0.05, 0.1) is 18.6 Å². The molecule has 0 aromatic carbocycles. The highest BCUT2D eigenvalue weighted by molar-refractivity contribution is 5.32. The van der Waals surface area contributed by atoms with E-state index < -0.39 is 6.10 Å². The van der Waals surface area contributed by atoms with E-state index in [1.807, 2.05) is 13.2 Å². The Labute approximate surface area is 125 Å². The monoisotopic (exact) mass is 296 g/mol. The SMILES string of the molecule is CCCCCN1C=C(C(O)c2ccco2)N(C)C1.O=CO. The summed E-state index contributed by atoms with van der Waals surface area (Å²) in [6.45, 7) is 3.85. The number of aliphatic hydroxyl groups excluding tert-OH is 1. The molecule has 0 bridgehead atoms. The highest BCUT2D eigenvalue weighted by Gasteiger charge is 2.25. The fraction of sp³-hybridized carbons (Fsp3) is 0.533. The quantitative estimate of drug-likeness (QED) is 0.619. The third kappa shape index (κ3) is 5.15. The topological polar surface area (TPSA) is 77.2 Å². The number of rotatable bonds is 6. The van der Waals surface area contributed by atoms with Gasteiger partial charge in [0.2, 0.25) is 0 Å². The third-order valence-corrected chi connectivity index (χ3v) is 3.29. The number of hydrogen-bond acceptors (Lipinski definition) is 5. The molecule has 0 amide bonds. The normalized spacial score (nSPS) is 15.3. The van der Waals surface area contributed by atoms with Crippen LogP contribution < -0.4 is 0 Å². The van der Waals surface area contributed by atoms with Crippen LogP contribution >= 0.6 is 0 Å². The van der Waals surface area contributed by atoms with Crippen molar-refractivity contribution >= 4 is 6.47 Å². The molecule has 2 N–H and O–H groups in total. The van der Waals surface area contributed by atoms with Crippen molar-refractivity contribution < 1.29 is 19.4 Å². The Hall–Kier alpha value is -1.95. The van der Waals surface area contributed by atoms with Gasteiger partial charge < -0.3 is 24.4 Å². The molecule has 0 saturated carbocycles. The first-order valence-corrected chi connectivity index (χ1v) is 7.10. The van der Waals surface area contributed by atoms with E-state index in [-0.39, 0.29) is 6.47 Å². The molecule has 118 valence electrons. The number of likely N-dealkylation sites (N-methyl/N-ethyl adjacent to an activating group) is 1. The largest absolute Gasteiger partial charge is 0.483 e. The van der Waals surface area contributed by atoms with Crippen molar-refractivity contribution in [1.29, 1.82) is 0 Å². The summed E-state index contributed by atoms with van der Waals surface area (Å²) < 4.78 is 5.25. The summed E-state index contributed by atoms with van der Waals surface area (Å²) >= 11 is 0. The lowest BCUT2D eigenvalue weighted by atomic mass is 10.2. The van der Waals surface area contributed by atoms with Crippen molar-refractivity contribution in [2.45, 2.75) is 32.3 Å². The van der Waals surface area contributed by atoms with Crippen molar-refractivity contribution in [3.8, 4) is 0 Å². The van der Waals surface area contributed by atoms with E-state index in [0.717, 1.165) is 18.9 Å².